The number of hydroxylamine groups is 1. The minimum atomic E-state index is -4.28. The highest BCUT2D eigenvalue weighted by atomic mass is 32.2. The first-order chi connectivity index (χ1) is 16.2. The molecule has 3 aromatic carbocycles. The van der Waals surface area contributed by atoms with Crippen LogP contribution in [0.25, 0.3) is 11.5 Å². The third-order valence-electron chi connectivity index (χ3n) is 4.93. The van der Waals surface area contributed by atoms with Crippen LogP contribution in [-0.2, 0) is 14.7 Å². The maximum Gasteiger partial charge on any atom is 0.269 e. The Bertz CT molecular complexity index is 1400. The lowest BCUT2D eigenvalue weighted by atomic mass is 10.1. The Hall–Kier alpha value is -4.39. The van der Waals surface area contributed by atoms with E-state index < -0.39 is 25.4 Å². The second kappa shape index (κ2) is 8.86. The molecule has 1 aliphatic heterocycles. The van der Waals surface area contributed by atoms with Crippen LogP contribution < -0.4 is 15.8 Å². The molecule has 0 saturated carbocycles. The Labute approximate surface area is 193 Å². The van der Waals surface area contributed by atoms with Gasteiger partial charge >= 0.3 is 0 Å². The van der Waals surface area contributed by atoms with Gasteiger partial charge in [0, 0.05) is 17.7 Å². The number of hydrogen-bond acceptors (Lipinski definition) is 10. The molecule has 0 fully saturated rings. The molecule has 0 atom stereocenters. The zero-order valence-corrected chi connectivity index (χ0v) is 17.9. The number of nitro benzene ring substituents is 1. The maximum absolute atomic E-state index is 13.5. The quantitative estimate of drug-likeness (QED) is 0.303. The summed E-state index contributed by atoms with van der Waals surface area (Å²) in [7, 11) is -4.28. The van der Waals surface area contributed by atoms with Gasteiger partial charge in [-0.3, -0.25) is 15.3 Å². The molecule has 0 spiro atoms. The first-order valence-corrected chi connectivity index (χ1v) is 11.1. The van der Waals surface area contributed by atoms with Crippen molar-refractivity contribution in [2.24, 2.45) is 0 Å². The van der Waals surface area contributed by atoms with Crippen LogP contribution in [0, 0.1) is 15.3 Å². The predicted molar refractivity (Wildman–Crippen MR) is 119 cm³/mol. The van der Waals surface area contributed by atoms with E-state index in [1.54, 1.807) is 6.07 Å². The van der Waals surface area contributed by atoms with Gasteiger partial charge in [0.2, 0.25) is 9.84 Å². The van der Waals surface area contributed by atoms with Crippen LogP contribution in [0.15, 0.2) is 94.4 Å². The van der Waals surface area contributed by atoms with Crippen LogP contribution in [-0.4, -0.2) is 18.5 Å². The number of hydrogen-bond donors (Lipinski definition) is 2. The summed E-state index contributed by atoms with van der Waals surface area (Å²) < 4.78 is 27.1. The van der Waals surface area contributed by atoms with Crippen molar-refractivity contribution in [3.63, 3.8) is 0 Å². The lowest BCUT2D eigenvalue weighted by Crippen LogP contribution is -2.18. The molecule has 34 heavy (non-hydrogen) atoms. The zero-order valence-electron chi connectivity index (χ0n) is 17.1. The topological polar surface area (TPSA) is 168 Å². The molecule has 11 nitrogen and oxygen atoms in total. The molecule has 0 bridgehead atoms. The molecule has 0 radical (unpaired) electrons. The second-order valence-corrected chi connectivity index (χ2v) is 8.89. The summed E-state index contributed by atoms with van der Waals surface area (Å²) >= 11 is 0. The first kappa shape index (κ1) is 22.8. The molecule has 1 heterocycles. The molecule has 0 aliphatic carbocycles. The number of rotatable bonds is 6. The fraction of sp³-hybridized carbons (Fsp3) is 0. The summed E-state index contributed by atoms with van der Waals surface area (Å²) in [4.78, 5) is 15.2. The Morgan fingerprint density at radius 2 is 1.59 bits per heavy atom. The van der Waals surface area contributed by atoms with Gasteiger partial charge < -0.3 is 20.4 Å². The van der Waals surface area contributed by atoms with E-state index in [1.807, 2.05) is 0 Å². The molecule has 4 rings (SSSR count). The molecule has 3 aromatic rings. The van der Waals surface area contributed by atoms with Crippen LogP contribution in [0.3, 0.4) is 0 Å². The van der Waals surface area contributed by atoms with Gasteiger partial charge in [0.15, 0.2) is 5.76 Å². The number of anilines is 1. The van der Waals surface area contributed by atoms with Gasteiger partial charge in [0.25, 0.3) is 5.69 Å². The molecule has 2 N–H and O–H groups in total. The lowest BCUT2D eigenvalue weighted by Gasteiger charge is -2.23. The van der Waals surface area contributed by atoms with E-state index in [9.17, 15) is 28.8 Å². The minimum absolute atomic E-state index is 0.0161. The van der Waals surface area contributed by atoms with Gasteiger partial charge in [-0.15, -0.1) is 0 Å². The molecular weight excluding hydrogens is 466 g/mol. The standard InChI is InChI=1S/C22H16N3O8S/c26-20(14-6-10-16(11-7-14)24(27)28)19-22(34(31,32)18-4-2-1-3-5-18)21(33-23-19)15-8-12-17(13-9-15)25(29)30/h1-13,23,26-27H/q-1/p-1. The highest BCUT2D eigenvalue weighted by Gasteiger charge is 2.35. The second-order valence-electron chi connectivity index (χ2n) is 7.01. The fourth-order valence-electron chi connectivity index (χ4n) is 3.24. The third-order valence-corrected chi connectivity index (χ3v) is 6.75. The smallest absolute Gasteiger partial charge is 0.269 e. The Morgan fingerprint density at radius 1 is 0.971 bits per heavy atom. The maximum atomic E-state index is 13.5. The van der Waals surface area contributed by atoms with Gasteiger partial charge in [0.1, 0.15) is 4.91 Å². The summed E-state index contributed by atoms with van der Waals surface area (Å²) in [5.41, 5.74) is 1.85. The number of nitrogens with zero attached hydrogens (tertiary/aromatic N) is 2. The number of sulfone groups is 1. The highest BCUT2D eigenvalue weighted by molar-refractivity contribution is 7.95. The van der Waals surface area contributed by atoms with Crippen LogP contribution in [0.2, 0.25) is 0 Å². The Morgan fingerprint density at radius 3 is 2.15 bits per heavy atom. The van der Waals surface area contributed by atoms with Gasteiger partial charge in [-0.2, -0.15) is 0 Å². The van der Waals surface area contributed by atoms with Gasteiger partial charge in [-0.05, 0) is 42.0 Å². The number of non-ortho nitro benzene ring substituents is 1. The van der Waals surface area contributed by atoms with E-state index >= 15 is 0 Å². The highest BCUT2D eigenvalue weighted by Crippen LogP contribution is 2.38. The van der Waals surface area contributed by atoms with Crippen molar-refractivity contribution in [1.82, 2.24) is 5.48 Å². The molecule has 1 aliphatic rings. The monoisotopic (exact) mass is 481 g/mol. The summed E-state index contributed by atoms with van der Waals surface area (Å²) in [6.45, 7) is 0. The molecular formula is C22H15N3O8S-2. The van der Waals surface area contributed by atoms with Crippen molar-refractivity contribution in [2.75, 3.05) is 5.23 Å². The molecule has 12 heteroatoms. The number of nitrogens with one attached hydrogen (secondary N) is 1. The zero-order chi connectivity index (χ0) is 24.5. The van der Waals surface area contributed by atoms with E-state index in [0.717, 1.165) is 0 Å². The normalized spacial score (nSPS) is 14.9. The van der Waals surface area contributed by atoms with Crippen LogP contribution in [0.4, 0.5) is 11.4 Å². The molecule has 0 aromatic heterocycles. The van der Waals surface area contributed by atoms with E-state index in [0.29, 0.717) is 0 Å². The Kier molecular flexibility index (Phi) is 5.94. The van der Waals surface area contributed by atoms with Gasteiger partial charge in [-0.1, -0.05) is 36.1 Å². The summed E-state index contributed by atoms with van der Waals surface area (Å²) in [5.74, 6) is -0.965. The van der Waals surface area contributed by atoms with Crippen LogP contribution >= 0.6 is 0 Å². The van der Waals surface area contributed by atoms with E-state index in [2.05, 4.69) is 5.48 Å². The lowest BCUT2D eigenvalue weighted by molar-refractivity contribution is -0.384. The fourth-order valence-corrected chi connectivity index (χ4v) is 4.80. The predicted octanol–water partition coefficient (Wildman–Crippen LogP) is 2.69. The van der Waals surface area contributed by atoms with Gasteiger partial charge in [0.05, 0.1) is 21.2 Å². The van der Waals surface area contributed by atoms with Crippen LogP contribution in [0.1, 0.15) is 11.1 Å². The summed E-state index contributed by atoms with van der Waals surface area (Å²) in [5, 5.41) is 43.8. The van der Waals surface area contributed by atoms with E-state index in [1.165, 1.54) is 72.8 Å². The van der Waals surface area contributed by atoms with Crippen molar-refractivity contribution < 1.29 is 28.5 Å². The van der Waals surface area contributed by atoms with Gasteiger partial charge in [-0.25, -0.2) is 13.9 Å². The summed E-state index contributed by atoms with van der Waals surface area (Å²) in [6.07, 6.45) is 0. The first-order valence-electron chi connectivity index (χ1n) is 9.60. The average Bonchev–Trinajstić information content (AvgIpc) is 3.30. The van der Waals surface area contributed by atoms with E-state index in [-0.39, 0.29) is 44.1 Å². The Balaban J connectivity index is 1.91. The van der Waals surface area contributed by atoms with Crippen molar-refractivity contribution in [1.29, 1.82) is 0 Å². The largest absolute Gasteiger partial charge is 0.871 e. The van der Waals surface area contributed by atoms with Crippen LogP contribution in [0.5, 0.6) is 0 Å². The molecule has 0 saturated heterocycles. The molecule has 0 unspecified atom stereocenters. The number of nitro groups is 1. The SMILES string of the molecule is O=[N+]([O-])c1ccc(C2=C(S(=O)(=O)c3ccccc3)C(=C([O-])c3ccc(N([O-])O)cc3)NO2)cc1. The van der Waals surface area contributed by atoms with Crippen molar-refractivity contribution in [3.05, 3.63) is 116 Å². The molecule has 174 valence electrons. The van der Waals surface area contributed by atoms with Crippen molar-refractivity contribution >= 4 is 32.7 Å². The minimum Gasteiger partial charge on any atom is -0.871 e. The third kappa shape index (κ3) is 4.15. The van der Waals surface area contributed by atoms with Crippen molar-refractivity contribution in [3.8, 4) is 0 Å². The number of benzene rings is 3. The average molecular weight is 481 g/mol. The molecule has 0 amide bonds. The summed E-state index contributed by atoms with van der Waals surface area (Å²) in [6, 6.07) is 17.2. The van der Waals surface area contributed by atoms with E-state index in [4.69, 9.17) is 10.0 Å². The van der Waals surface area contributed by atoms with Crippen molar-refractivity contribution in [2.45, 2.75) is 4.90 Å².